The highest BCUT2D eigenvalue weighted by Gasteiger charge is 2.52. The normalized spacial score (nSPS) is 13.7. The van der Waals surface area contributed by atoms with Gasteiger partial charge in [0.2, 0.25) is 0 Å². The SMILES string of the molecule is c1ccc(-c2ccc(-c3ccc(N(c4cccc(-c5ccc6c(c5)C5(c7ccccc7Oc7ccccc75)c5ccccc5-6)c4)c4ccccc4-c4ccc5c(c4)-c4ccccc4C54c5ccccc5Oc5ccccc54)cc3)cc2)cc1. The zero-order valence-corrected chi connectivity index (χ0v) is 45.2. The highest BCUT2D eigenvalue weighted by atomic mass is 16.5. The summed E-state index contributed by atoms with van der Waals surface area (Å²) in [6.45, 7) is 0. The lowest BCUT2D eigenvalue weighted by atomic mass is 9.66. The van der Waals surface area contributed by atoms with Crippen LogP contribution in [0.25, 0.3) is 66.8 Å². The van der Waals surface area contributed by atoms with Crippen LogP contribution in [-0.2, 0) is 10.8 Å². The van der Waals surface area contributed by atoms with Crippen LogP contribution in [0.15, 0.2) is 309 Å². The van der Waals surface area contributed by atoms with E-state index in [1.54, 1.807) is 0 Å². The molecule has 13 aromatic carbocycles. The fourth-order valence-electron chi connectivity index (χ4n) is 14.5. The molecule has 13 aromatic rings. The molecule has 2 spiro atoms. The van der Waals surface area contributed by atoms with E-state index in [1.165, 1.54) is 61.2 Å². The van der Waals surface area contributed by atoms with Crippen molar-refractivity contribution >= 4 is 17.1 Å². The third-order valence-corrected chi connectivity index (χ3v) is 18.0. The zero-order chi connectivity index (χ0) is 54.6. The van der Waals surface area contributed by atoms with Crippen molar-refractivity contribution in [2.24, 2.45) is 0 Å². The molecule has 3 nitrogen and oxygen atoms in total. The molecule has 17 rings (SSSR count). The Balaban J connectivity index is 0.829. The maximum Gasteiger partial charge on any atom is 0.132 e. The number of benzene rings is 13. The van der Waals surface area contributed by atoms with Gasteiger partial charge >= 0.3 is 0 Å². The van der Waals surface area contributed by atoms with E-state index in [9.17, 15) is 0 Å². The maximum absolute atomic E-state index is 6.71. The van der Waals surface area contributed by atoms with Crippen LogP contribution < -0.4 is 14.4 Å². The molecular formula is C80H51NO2. The van der Waals surface area contributed by atoms with Gasteiger partial charge in [0.05, 0.1) is 16.5 Å². The summed E-state index contributed by atoms with van der Waals surface area (Å²) in [4.78, 5) is 2.45. The third-order valence-electron chi connectivity index (χ3n) is 18.0. The lowest BCUT2D eigenvalue weighted by molar-refractivity contribution is 0.436. The summed E-state index contributed by atoms with van der Waals surface area (Å²) in [6, 6.07) is 113. The van der Waals surface area contributed by atoms with Gasteiger partial charge in [0, 0.05) is 39.2 Å². The number of para-hydroxylation sites is 5. The van der Waals surface area contributed by atoms with Crippen molar-refractivity contribution in [1.29, 1.82) is 0 Å². The number of fused-ring (bicyclic) bond motifs is 18. The molecule has 2 aliphatic heterocycles. The summed E-state index contributed by atoms with van der Waals surface area (Å²) in [5.41, 5.74) is 25.9. The lowest BCUT2D eigenvalue weighted by Crippen LogP contribution is -2.32. The second-order valence-electron chi connectivity index (χ2n) is 22.2. The van der Waals surface area contributed by atoms with Gasteiger partial charge in [-0.25, -0.2) is 0 Å². The van der Waals surface area contributed by atoms with Crippen LogP contribution in [0, 0.1) is 0 Å². The highest BCUT2D eigenvalue weighted by Crippen LogP contribution is 2.64. The van der Waals surface area contributed by atoms with Gasteiger partial charge < -0.3 is 14.4 Å². The highest BCUT2D eigenvalue weighted by molar-refractivity contribution is 5.96. The van der Waals surface area contributed by atoms with Crippen molar-refractivity contribution in [3.63, 3.8) is 0 Å². The quantitative estimate of drug-likeness (QED) is 0.159. The number of rotatable bonds is 7. The molecule has 0 bridgehead atoms. The molecular weight excluding hydrogens is 1010 g/mol. The zero-order valence-electron chi connectivity index (χ0n) is 45.2. The van der Waals surface area contributed by atoms with Gasteiger partial charge in [0.1, 0.15) is 23.0 Å². The molecule has 0 saturated heterocycles. The Labute approximate surface area is 483 Å². The largest absolute Gasteiger partial charge is 0.457 e. The summed E-state index contributed by atoms with van der Waals surface area (Å²) in [5.74, 6) is 3.55. The predicted molar refractivity (Wildman–Crippen MR) is 338 cm³/mol. The summed E-state index contributed by atoms with van der Waals surface area (Å²) >= 11 is 0. The monoisotopic (exact) mass is 1060 g/mol. The molecule has 0 N–H and O–H groups in total. The van der Waals surface area contributed by atoms with E-state index in [-0.39, 0.29) is 0 Å². The minimum absolute atomic E-state index is 0.553. The maximum atomic E-state index is 6.71. The standard InChI is InChI=1S/C80H51NO2/c1-2-19-52(20-3-1)53-37-39-54(40-38-53)55-41-45-59(46-42-55)81(60-22-18-21-56(49-60)57-43-47-64-62-24-4-7-26-66(62)80(73(64)51-57)71-30-11-16-35-77(71)83-78-36-17-12-31-72(78)80)74-32-13-6-23-61(74)58-44-48-68-65(50-58)63-25-5-8-27-67(63)79(68)69-28-9-14-33-75(69)82-76-34-15-10-29-70(76)79/h1-51H. The minimum Gasteiger partial charge on any atom is -0.457 e. The Hall–Kier alpha value is -10.7. The molecule has 2 aliphatic carbocycles. The number of ether oxygens (including phenoxy) is 2. The molecule has 0 aromatic heterocycles. The van der Waals surface area contributed by atoms with Gasteiger partial charge in [-0.15, -0.1) is 0 Å². The smallest absolute Gasteiger partial charge is 0.132 e. The van der Waals surface area contributed by atoms with Crippen LogP contribution in [0.3, 0.4) is 0 Å². The first-order chi connectivity index (χ1) is 41.1. The number of hydrogen-bond donors (Lipinski definition) is 0. The van der Waals surface area contributed by atoms with Gasteiger partial charge in [-0.3, -0.25) is 0 Å². The van der Waals surface area contributed by atoms with Crippen molar-refractivity contribution in [3.8, 4) is 89.8 Å². The van der Waals surface area contributed by atoms with Crippen molar-refractivity contribution < 1.29 is 9.47 Å². The molecule has 4 aliphatic rings. The van der Waals surface area contributed by atoms with Crippen molar-refractivity contribution in [1.82, 2.24) is 0 Å². The van der Waals surface area contributed by atoms with Crippen LogP contribution in [0.4, 0.5) is 17.1 Å². The van der Waals surface area contributed by atoms with E-state index < -0.39 is 10.8 Å². The molecule has 0 fully saturated rings. The first kappa shape index (κ1) is 47.1. The van der Waals surface area contributed by atoms with E-state index in [1.807, 2.05) is 0 Å². The molecule has 0 radical (unpaired) electrons. The molecule has 83 heavy (non-hydrogen) atoms. The Kier molecular flexibility index (Phi) is 10.4. The van der Waals surface area contributed by atoms with Gasteiger partial charge in [-0.1, -0.05) is 243 Å². The number of nitrogens with zero attached hydrogens (tertiary/aromatic N) is 1. The summed E-state index contributed by atoms with van der Waals surface area (Å²) in [6.07, 6.45) is 0. The number of hydrogen-bond acceptors (Lipinski definition) is 3. The van der Waals surface area contributed by atoms with Gasteiger partial charge in [-0.2, -0.15) is 0 Å². The van der Waals surface area contributed by atoms with E-state index in [0.717, 1.165) is 90.1 Å². The summed E-state index contributed by atoms with van der Waals surface area (Å²) < 4.78 is 13.4. The van der Waals surface area contributed by atoms with E-state index >= 15 is 0 Å². The van der Waals surface area contributed by atoms with Crippen LogP contribution in [0.1, 0.15) is 44.5 Å². The summed E-state index contributed by atoms with van der Waals surface area (Å²) in [7, 11) is 0. The fourth-order valence-corrected chi connectivity index (χ4v) is 14.5. The van der Waals surface area contributed by atoms with Gasteiger partial charge in [0.25, 0.3) is 0 Å². The topological polar surface area (TPSA) is 21.7 Å². The van der Waals surface area contributed by atoms with Crippen LogP contribution >= 0.6 is 0 Å². The van der Waals surface area contributed by atoms with Crippen LogP contribution in [0.2, 0.25) is 0 Å². The second-order valence-corrected chi connectivity index (χ2v) is 22.2. The molecule has 0 unspecified atom stereocenters. The first-order valence-corrected chi connectivity index (χ1v) is 28.6. The lowest BCUT2D eigenvalue weighted by Gasteiger charge is -2.39. The third kappa shape index (κ3) is 6.92. The first-order valence-electron chi connectivity index (χ1n) is 28.6. The van der Waals surface area contributed by atoms with E-state index in [0.29, 0.717) is 0 Å². The van der Waals surface area contributed by atoms with Crippen molar-refractivity contribution in [2.75, 3.05) is 4.90 Å². The molecule has 3 heteroatoms. The van der Waals surface area contributed by atoms with Crippen molar-refractivity contribution in [2.45, 2.75) is 10.8 Å². The van der Waals surface area contributed by atoms with E-state index in [4.69, 9.17) is 9.47 Å². The van der Waals surface area contributed by atoms with E-state index in [2.05, 4.69) is 314 Å². The molecule has 0 atom stereocenters. The molecule has 388 valence electrons. The average Bonchev–Trinajstić information content (AvgIpc) is 2.63. The Morgan fingerprint density at radius 1 is 0.205 bits per heavy atom. The molecule has 2 heterocycles. The molecule has 0 amide bonds. The Bertz CT molecular complexity index is 4660. The van der Waals surface area contributed by atoms with Gasteiger partial charge in [-0.05, 0) is 150 Å². The number of anilines is 3. The minimum atomic E-state index is -0.576. The average molecular weight is 1060 g/mol. The Morgan fingerprint density at radius 2 is 0.590 bits per heavy atom. The van der Waals surface area contributed by atoms with Gasteiger partial charge in [0.15, 0.2) is 0 Å². The fraction of sp³-hybridized carbons (Fsp3) is 0.0250. The van der Waals surface area contributed by atoms with Crippen LogP contribution in [-0.4, -0.2) is 0 Å². The van der Waals surface area contributed by atoms with Crippen LogP contribution in [0.5, 0.6) is 23.0 Å². The summed E-state index contributed by atoms with van der Waals surface area (Å²) in [5, 5.41) is 0. The Morgan fingerprint density at radius 3 is 1.17 bits per heavy atom. The molecule has 0 saturated carbocycles. The second kappa shape index (κ2) is 18.4. The predicted octanol–water partition coefficient (Wildman–Crippen LogP) is 20.8. The van der Waals surface area contributed by atoms with Crippen molar-refractivity contribution in [3.05, 3.63) is 354 Å².